The van der Waals surface area contributed by atoms with Crippen molar-refractivity contribution in [3.05, 3.63) is 0 Å². The molecule has 1 saturated heterocycles. The van der Waals surface area contributed by atoms with Gasteiger partial charge in [-0.2, -0.15) is 0 Å². The van der Waals surface area contributed by atoms with Crippen molar-refractivity contribution in [1.29, 1.82) is 0 Å². The molecule has 1 heterocycles. The summed E-state index contributed by atoms with van der Waals surface area (Å²) in [6.45, 7) is 1.82. The van der Waals surface area contributed by atoms with Gasteiger partial charge in [-0.15, -0.1) is 0 Å². The van der Waals surface area contributed by atoms with Crippen molar-refractivity contribution < 1.29 is 4.79 Å². The fourth-order valence-electron chi connectivity index (χ4n) is 2.93. The Bertz CT molecular complexity index is 244. The van der Waals surface area contributed by atoms with Gasteiger partial charge in [0.15, 0.2) is 0 Å². The first-order valence-electron chi connectivity index (χ1n) is 5.97. The summed E-state index contributed by atoms with van der Waals surface area (Å²) >= 11 is 0. The van der Waals surface area contributed by atoms with Gasteiger partial charge in [-0.05, 0) is 38.1 Å². The first-order chi connectivity index (χ1) is 7.22. The van der Waals surface area contributed by atoms with E-state index >= 15 is 0 Å². The highest BCUT2D eigenvalue weighted by atomic mass is 16.1. The van der Waals surface area contributed by atoms with Gasteiger partial charge in [0.2, 0.25) is 5.91 Å². The molecule has 0 aromatic rings. The highest BCUT2D eigenvalue weighted by Crippen LogP contribution is 2.32. The average Bonchev–Trinajstić information content (AvgIpc) is 2.15. The summed E-state index contributed by atoms with van der Waals surface area (Å²) in [5.41, 5.74) is 11.1. The predicted octanol–water partition coefficient (Wildman–Crippen LogP) is 0.0635. The summed E-state index contributed by atoms with van der Waals surface area (Å²) in [4.78, 5) is 13.4. The summed E-state index contributed by atoms with van der Waals surface area (Å²) in [5.74, 6) is 0.494. The van der Waals surface area contributed by atoms with Crippen LogP contribution in [-0.4, -0.2) is 36.0 Å². The Morgan fingerprint density at radius 3 is 2.67 bits per heavy atom. The number of hydrogen-bond acceptors (Lipinski definition) is 3. The van der Waals surface area contributed by atoms with Gasteiger partial charge in [0.05, 0.1) is 6.04 Å². The highest BCUT2D eigenvalue weighted by molar-refractivity contribution is 5.80. The number of primary amides is 1. The van der Waals surface area contributed by atoms with Crippen LogP contribution in [0.2, 0.25) is 0 Å². The largest absolute Gasteiger partial charge is 0.368 e. The maximum Gasteiger partial charge on any atom is 0.234 e. The number of likely N-dealkylation sites (tertiary alicyclic amines) is 1. The van der Waals surface area contributed by atoms with Crippen molar-refractivity contribution in [2.24, 2.45) is 17.4 Å². The van der Waals surface area contributed by atoms with Gasteiger partial charge in [-0.1, -0.05) is 6.42 Å². The monoisotopic (exact) mass is 211 g/mol. The van der Waals surface area contributed by atoms with Crippen LogP contribution in [0.5, 0.6) is 0 Å². The molecule has 0 aromatic carbocycles. The molecule has 2 rings (SSSR count). The van der Waals surface area contributed by atoms with Gasteiger partial charge in [0.25, 0.3) is 0 Å². The lowest BCUT2D eigenvalue weighted by molar-refractivity contribution is -0.130. The first-order valence-corrected chi connectivity index (χ1v) is 5.97. The Morgan fingerprint density at radius 1 is 1.33 bits per heavy atom. The van der Waals surface area contributed by atoms with E-state index in [1.807, 2.05) is 0 Å². The van der Waals surface area contributed by atoms with E-state index in [4.69, 9.17) is 11.5 Å². The van der Waals surface area contributed by atoms with E-state index in [-0.39, 0.29) is 11.9 Å². The number of carbonyl (C=O) groups excluding carboxylic acids is 1. The van der Waals surface area contributed by atoms with Crippen LogP contribution in [0.3, 0.4) is 0 Å². The zero-order valence-electron chi connectivity index (χ0n) is 9.19. The molecular formula is C11H21N3O. The van der Waals surface area contributed by atoms with E-state index in [0.717, 1.165) is 25.9 Å². The number of nitrogens with zero attached hydrogens (tertiary/aromatic N) is 1. The summed E-state index contributed by atoms with van der Waals surface area (Å²) < 4.78 is 0. The number of nitrogens with two attached hydrogens (primary N) is 2. The molecular weight excluding hydrogens is 190 g/mol. The lowest BCUT2D eigenvalue weighted by atomic mass is 9.82. The van der Waals surface area contributed by atoms with Gasteiger partial charge >= 0.3 is 0 Å². The smallest absolute Gasteiger partial charge is 0.234 e. The van der Waals surface area contributed by atoms with E-state index in [9.17, 15) is 4.79 Å². The summed E-state index contributed by atoms with van der Waals surface area (Å²) in [6, 6.07) is 0.560. The molecule has 3 atom stereocenters. The van der Waals surface area contributed by atoms with E-state index in [1.54, 1.807) is 0 Å². The SMILES string of the molecule is NCC1CCCC(N2CCC2C(N)=O)C1. The van der Waals surface area contributed by atoms with Crippen molar-refractivity contribution in [3.8, 4) is 0 Å². The van der Waals surface area contributed by atoms with Crippen LogP contribution in [0.15, 0.2) is 0 Å². The van der Waals surface area contributed by atoms with Gasteiger partial charge in [-0.3, -0.25) is 9.69 Å². The van der Waals surface area contributed by atoms with E-state index in [1.165, 1.54) is 19.3 Å². The minimum Gasteiger partial charge on any atom is -0.368 e. The van der Waals surface area contributed by atoms with Crippen LogP contribution in [0, 0.1) is 5.92 Å². The molecule has 2 aliphatic rings. The summed E-state index contributed by atoms with van der Waals surface area (Å²) in [6.07, 6.45) is 5.80. The van der Waals surface area contributed by atoms with E-state index in [0.29, 0.717) is 12.0 Å². The van der Waals surface area contributed by atoms with Crippen LogP contribution < -0.4 is 11.5 Å². The van der Waals surface area contributed by atoms with Gasteiger partial charge in [0, 0.05) is 12.6 Å². The third-order valence-corrected chi connectivity index (χ3v) is 3.95. The molecule has 4 nitrogen and oxygen atoms in total. The normalized spacial score (nSPS) is 37.3. The van der Waals surface area contributed by atoms with Gasteiger partial charge < -0.3 is 11.5 Å². The molecule has 4 N–H and O–H groups in total. The van der Waals surface area contributed by atoms with Crippen LogP contribution in [0.1, 0.15) is 32.1 Å². The van der Waals surface area contributed by atoms with Crippen LogP contribution in [-0.2, 0) is 4.79 Å². The Kier molecular flexibility index (Phi) is 3.26. The number of amides is 1. The lowest BCUT2D eigenvalue weighted by Gasteiger charge is -2.47. The second kappa shape index (κ2) is 4.49. The predicted molar refractivity (Wildman–Crippen MR) is 59.1 cm³/mol. The molecule has 3 unspecified atom stereocenters. The fraction of sp³-hybridized carbons (Fsp3) is 0.909. The second-order valence-electron chi connectivity index (χ2n) is 4.87. The number of carbonyl (C=O) groups is 1. The Balaban J connectivity index is 1.90. The Labute approximate surface area is 91.0 Å². The van der Waals surface area contributed by atoms with Gasteiger partial charge in [0.1, 0.15) is 0 Å². The molecule has 4 heteroatoms. The molecule has 86 valence electrons. The molecule has 1 amide bonds. The number of hydrogen-bond donors (Lipinski definition) is 2. The fourth-order valence-corrected chi connectivity index (χ4v) is 2.93. The highest BCUT2D eigenvalue weighted by Gasteiger charge is 2.38. The van der Waals surface area contributed by atoms with Crippen LogP contribution >= 0.6 is 0 Å². The molecule has 1 aliphatic carbocycles. The first kappa shape index (κ1) is 10.9. The summed E-state index contributed by atoms with van der Waals surface area (Å²) in [5, 5.41) is 0. The lowest BCUT2D eigenvalue weighted by Crippen LogP contribution is -2.59. The zero-order chi connectivity index (χ0) is 10.8. The quantitative estimate of drug-likeness (QED) is 0.693. The zero-order valence-corrected chi connectivity index (χ0v) is 9.19. The van der Waals surface area contributed by atoms with Gasteiger partial charge in [-0.25, -0.2) is 0 Å². The molecule has 0 spiro atoms. The molecule has 0 radical (unpaired) electrons. The maximum absolute atomic E-state index is 11.1. The minimum atomic E-state index is -0.156. The topological polar surface area (TPSA) is 72.3 Å². The van der Waals surface area contributed by atoms with Crippen LogP contribution in [0.4, 0.5) is 0 Å². The molecule has 1 saturated carbocycles. The molecule has 2 fully saturated rings. The third kappa shape index (κ3) is 2.16. The molecule has 0 aromatic heterocycles. The van der Waals surface area contributed by atoms with Crippen molar-refractivity contribution >= 4 is 5.91 Å². The second-order valence-corrected chi connectivity index (χ2v) is 4.87. The third-order valence-electron chi connectivity index (χ3n) is 3.95. The van der Waals surface area contributed by atoms with Crippen molar-refractivity contribution in [3.63, 3.8) is 0 Å². The van der Waals surface area contributed by atoms with Crippen molar-refractivity contribution in [2.45, 2.75) is 44.2 Å². The van der Waals surface area contributed by atoms with E-state index < -0.39 is 0 Å². The van der Waals surface area contributed by atoms with Crippen molar-refractivity contribution in [2.75, 3.05) is 13.1 Å². The average molecular weight is 211 g/mol. The summed E-state index contributed by atoms with van der Waals surface area (Å²) in [7, 11) is 0. The molecule has 15 heavy (non-hydrogen) atoms. The molecule has 1 aliphatic heterocycles. The standard InChI is InChI=1S/C11H21N3O/c12-7-8-2-1-3-9(6-8)14-5-4-10(14)11(13)15/h8-10H,1-7,12H2,(H2,13,15). The van der Waals surface area contributed by atoms with E-state index in [2.05, 4.69) is 4.90 Å². The Hall–Kier alpha value is -0.610. The minimum absolute atomic E-state index is 0.00604. The Morgan fingerprint density at radius 2 is 2.13 bits per heavy atom. The maximum atomic E-state index is 11.1. The molecule has 0 bridgehead atoms. The number of rotatable bonds is 3. The van der Waals surface area contributed by atoms with Crippen molar-refractivity contribution in [1.82, 2.24) is 4.90 Å². The van der Waals surface area contributed by atoms with Crippen LogP contribution in [0.25, 0.3) is 0 Å².